The van der Waals surface area contributed by atoms with Gasteiger partial charge in [0, 0.05) is 37.0 Å². The van der Waals surface area contributed by atoms with E-state index in [1.165, 1.54) is 16.9 Å². The molecule has 136 valence electrons. The topological polar surface area (TPSA) is 33.1 Å². The van der Waals surface area contributed by atoms with E-state index in [0.29, 0.717) is 0 Å². The molecule has 1 N–H and O–H groups in total. The summed E-state index contributed by atoms with van der Waals surface area (Å²) < 4.78 is 2.28. The number of nitrogens with zero attached hydrogens (tertiary/aromatic N) is 3. The van der Waals surface area contributed by atoms with E-state index < -0.39 is 0 Å². The van der Waals surface area contributed by atoms with Crippen molar-refractivity contribution in [2.24, 2.45) is 0 Å². The van der Waals surface area contributed by atoms with Crippen LogP contribution in [0.2, 0.25) is 0 Å². The average molecular weight is 348 g/mol. The summed E-state index contributed by atoms with van der Waals surface area (Å²) in [5, 5.41) is 3.22. The number of hydrogen-bond acceptors (Lipinski definition) is 3. The van der Waals surface area contributed by atoms with Gasteiger partial charge in [-0.2, -0.15) is 0 Å². The normalized spacial score (nSPS) is 10.9. The number of aromatic nitrogens is 2. The fourth-order valence-electron chi connectivity index (χ4n) is 3.14. The Kier molecular flexibility index (Phi) is 6.08. The molecule has 0 spiro atoms. The SMILES string of the molecule is CCN(C)c1ccc(-c2c(-c3ccccc3)ncn2CCCNC)cc1. The van der Waals surface area contributed by atoms with Crippen LogP contribution in [-0.2, 0) is 6.54 Å². The predicted octanol–water partition coefficient (Wildman–Crippen LogP) is 4.28. The second-order valence-electron chi connectivity index (χ2n) is 6.52. The smallest absolute Gasteiger partial charge is 0.0963 e. The zero-order chi connectivity index (χ0) is 18.4. The molecule has 1 heterocycles. The highest BCUT2D eigenvalue weighted by molar-refractivity contribution is 5.79. The lowest BCUT2D eigenvalue weighted by molar-refractivity contribution is 0.616. The van der Waals surface area contributed by atoms with Gasteiger partial charge in [-0.3, -0.25) is 0 Å². The van der Waals surface area contributed by atoms with Gasteiger partial charge in [-0.15, -0.1) is 0 Å². The van der Waals surface area contributed by atoms with E-state index in [-0.39, 0.29) is 0 Å². The highest BCUT2D eigenvalue weighted by Crippen LogP contribution is 2.32. The van der Waals surface area contributed by atoms with Gasteiger partial charge in [0.15, 0.2) is 0 Å². The molecule has 0 saturated heterocycles. The molecule has 26 heavy (non-hydrogen) atoms. The van der Waals surface area contributed by atoms with Gasteiger partial charge in [0.05, 0.1) is 17.7 Å². The standard InChI is InChI=1S/C22H28N4/c1-4-25(3)20-13-11-19(12-14-20)22-21(18-9-6-5-7-10-18)24-17-26(22)16-8-15-23-2/h5-7,9-14,17,23H,4,8,15-16H2,1-3H3. The maximum atomic E-state index is 4.75. The molecule has 3 aromatic rings. The molecule has 3 rings (SSSR count). The first-order valence-electron chi connectivity index (χ1n) is 9.31. The van der Waals surface area contributed by atoms with E-state index in [4.69, 9.17) is 4.98 Å². The van der Waals surface area contributed by atoms with Crippen LogP contribution in [0.15, 0.2) is 60.9 Å². The molecule has 0 atom stereocenters. The van der Waals surface area contributed by atoms with Crippen LogP contribution in [0.3, 0.4) is 0 Å². The summed E-state index contributed by atoms with van der Waals surface area (Å²) in [5.41, 5.74) is 5.84. The highest BCUT2D eigenvalue weighted by atomic mass is 15.1. The van der Waals surface area contributed by atoms with E-state index in [9.17, 15) is 0 Å². The number of hydrogen-bond donors (Lipinski definition) is 1. The van der Waals surface area contributed by atoms with Gasteiger partial charge in [0.2, 0.25) is 0 Å². The van der Waals surface area contributed by atoms with E-state index in [2.05, 4.69) is 77.3 Å². The number of imidazole rings is 1. The van der Waals surface area contributed by atoms with Crippen LogP contribution in [0.4, 0.5) is 5.69 Å². The monoisotopic (exact) mass is 348 g/mol. The van der Waals surface area contributed by atoms with Gasteiger partial charge >= 0.3 is 0 Å². The van der Waals surface area contributed by atoms with Crippen LogP contribution in [0.25, 0.3) is 22.5 Å². The number of rotatable bonds is 8. The molecule has 0 saturated carbocycles. The summed E-state index contributed by atoms with van der Waals surface area (Å²) in [6.07, 6.45) is 3.05. The molecular weight excluding hydrogens is 320 g/mol. The van der Waals surface area contributed by atoms with Crippen molar-refractivity contribution in [1.29, 1.82) is 0 Å². The van der Waals surface area contributed by atoms with Crippen molar-refractivity contribution in [3.63, 3.8) is 0 Å². The van der Waals surface area contributed by atoms with Gasteiger partial charge in [0.25, 0.3) is 0 Å². The van der Waals surface area contributed by atoms with E-state index in [0.717, 1.165) is 37.3 Å². The third-order valence-electron chi connectivity index (χ3n) is 4.77. The summed E-state index contributed by atoms with van der Waals surface area (Å²) in [6.45, 7) is 5.11. The van der Waals surface area contributed by atoms with Crippen LogP contribution < -0.4 is 10.2 Å². The van der Waals surface area contributed by atoms with Crippen molar-refractivity contribution in [3.8, 4) is 22.5 Å². The minimum absolute atomic E-state index is 0.951. The van der Waals surface area contributed by atoms with Gasteiger partial charge in [-0.1, -0.05) is 42.5 Å². The Morgan fingerprint density at radius 3 is 2.38 bits per heavy atom. The van der Waals surface area contributed by atoms with Crippen molar-refractivity contribution in [1.82, 2.24) is 14.9 Å². The molecule has 0 amide bonds. The molecule has 0 aliphatic heterocycles. The zero-order valence-corrected chi connectivity index (χ0v) is 15.9. The Morgan fingerprint density at radius 2 is 1.73 bits per heavy atom. The number of nitrogens with one attached hydrogen (secondary N) is 1. The molecule has 0 aliphatic carbocycles. The summed E-state index contributed by atoms with van der Waals surface area (Å²) in [6, 6.07) is 19.2. The van der Waals surface area contributed by atoms with Gasteiger partial charge in [0.1, 0.15) is 0 Å². The number of anilines is 1. The fraction of sp³-hybridized carbons (Fsp3) is 0.318. The Hall–Kier alpha value is -2.59. The first-order chi connectivity index (χ1) is 12.7. The highest BCUT2D eigenvalue weighted by Gasteiger charge is 2.15. The maximum absolute atomic E-state index is 4.75. The third-order valence-corrected chi connectivity index (χ3v) is 4.77. The molecular formula is C22H28N4. The quantitative estimate of drug-likeness (QED) is 0.617. The molecule has 0 unspecified atom stereocenters. The molecule has 4 nitrogen and oxygen atoms in total. The molecule has 0 radical (unpaired) electrons. The number of aryl methyl sites for hydroxylation is 1. The Morgan fingerprint density at radius 1 is 1.00 bits per heavy atom. The third kappa shape index (κ3) is 3.97. The van der Waals surface area contributed by atoms with Crippen molar-refractivity contribution in [2.45, 2.75) is 19.9 Å². The molecule has 2 aromatic carbocycles. The predicted molar refractivity (Wildman–Crippen MR) is 111 cm³/mol. The largest absolute Gasteiger partial charge is 0.375 e. The summed E-state index contributed by atoms with van der Waals surface area (Å²) in [4.78, 5) is 6.99. The van der Waals surface area contributed by atoms with Crippen molar-refractivity contribution >= 4 is 5.69 Å². The maximum Gasteiger partial charge on any atom is 0.0963 e. The van der Waals surface area contributed by atoms with Gasteiger partial charge in [-0.25, -0.2) is 4.98 Å². The minimum atomic E-state index is 0.951. The van der Waals surface area contributed by atoms with Crippen LogP contribution in [0.5, 0.6) is 0 Å². The summed E-state index contributed by atoms with van der Waals surface area (Å²) in [5.74, 6) is 0. The molecule has 0 aliphatic rings. The van der Waals surface area contributed by atoms with Crippen LogP contribution in [-0.4, -0.2) is 36.7 Å². The van der Waals surface area contributed by atoms with Crippen molar-refractivity contribution in [2.75, 3.05) is 32.1 Å². The van der Waals surface area contributed by atoms with Gasteiger partial charge < -0.3 is 14.8 Å². The van der Waals surface area contributed by atoms with Crippen molar-refractivity contribution < 1.29 is 0 Å². The minimum Gasteiger partial charge on any atom is -0.375 e. The zero-order valence-electron chi connectivity index (χ0n) is 15.9. The summed E-state index contributed by atoms with van der Waals surface area (Å²) >= 11 is 0. The molecule has 0 bridgehead atoms. The first kappa shape index (κ1) is 18.2. The lowest BCUT2D eigenvalue weighted by Gasteiger charge is -2.17. The van der Waals surface area contributed by atoms with Crippen LogP contribution in [0, 0.1) is 0 Å². The lowest BCUT2D eigenvalue weighted by Crippen LogP contribution is -2.15. The fourth-order valence-corrected chi connectivity index (χ4v) is 3.14. The van der Waals surface area contributed by atoms with E-state index in [1.807, 2.05) is 19.4 Å². The second kappa shape index (κ2) is 8.68. The molecule has 4 heteroatoms. The lowest BCUT2D eigenvalue weighted by atomic mass is 10.0. The second-order valence-corrected chi connectivity index (χ2v) is 6.52. The molecule has 1 aromatic heterocycles. The first-order valence-corrected chi connectivity index (χ1v) is 9.31. The Balaban J connectivity index is 2.00. The average Bonchev–Trinajstić information content (AvgIpc) is 3.12. The Bertz CT molecular complexity index is 806. The number of benzene rings is 2. The van der Waals surface area contributed by atoms with E-state index >= 15 is 0 Å². The Labute approximate surface area is 156 Å². The van der Waals surface area contributed by atoms with Gasteiger partial charge in [-0.05, 0) is 39.1 Å². The van der Waals surface area contributed by atoms with E-state index in [1.54, 1.807) is 0 Å². The van der Waals surface area contributed by atoms with Crippen LogP contribution in [0.1, 0.15) is 13.3 Å². The van der Waals surface area contributed by atoms with Crippen molar-refractivity contribution in [3.05, 3.63) is 60.9 Å². The van der Waals surface area contributed by atoms with Crippen LogP contribution >= 0.6 is 0 Å². The molecule has 0 fully saturated rings. The summed E-state index contributed by atoms with van der Waals surface area (Å²) in [7, 11) is 4.11.